The van der Waals surface area contributed by atoms with Gasteiger partial charge in [0.05, 0.1) is 10.5 Å². The van der Waals surface area contributed by atoms with Crippen LogP contribution in [-0.2, 0) is 10.0 Å². The third kappa shape index (κ3) is 3.16. The molecule has 0 saturated carbocycles. The number of sulfonamides is 1. The predicted molar refractivity (Wildman–Crippen MR) is 78.7 cm³/mol. The van der Waals surface area contributed by atoms with Crippen LogP contribution in [0.5, 0.6) is 0 Å². The van der Waals surface area contributed by atoms with Crippen molar-refractivity contribution in [3.05, 3.63) is 29.8 Å². The third-order valence-electron chi connectivity index (χ3n) is 3.10. The van der Waals surface area contributed by atoms with Crippen molar-refractivity contribution in [2.24, 2.45) is 0 Å². The highest BCUT2D eigenvalue weighted by Gasteiger charge is 2.32. The molecule has 2 unspecified atom stereocenters. The number of nitrogens with zero attached hydrogens (tertiary/aromatic N) is 1. The number of aromatic carboxylic acids is 1. The van der Waals surface area contributed by atoms with Gasteiger partial charge in [0.25, 0.3) is 0 Å². The van der Waals surface area contributed by atoms with E-state index in [0.29, 0.717) is 13.1 Å². The summed E-state index contributed by atoms with van der Waals surface area (Å²) in [4.78, 5) is 11.0. The summed E-state index contributed by atoms with van der Waals surface area (Å²) in [6.07, 6.45) is 0. The number of thioether (sulfide) groups is 1. The topological polar surface area (TPSA) is 74.7 Å². The zero-order chi connectivity index (χ0) is 14.9. The molecule has 1 aromatic rings. The normalized spacial score (nSPS) is 24.5. The highest BCUT2D eigenvalue weighted by atomic mass is 32.2. The summed E-state index contributed by atoms with van der Waals surface area (Å²) >= 11 is 1.76. The second-order valence-electron chi connectivity index (χ2n) is 4.91. The maximum atomic E-state index is 12.6. The van der Waals surface area contributed by atoms with E-state index in [4.69, 9.17) is 5.11 Å². The largest absolute Gasteiger partial charge is 0.478 e. The Morgan fingerprint density at radius 1 is 1.30 bits per heavy atom. The van der Waals surface area contributed by atoms with Crippen molar-refractivity contribution in [2.45, 2.75) is 29.2 Å². The molecule has 0 amide bonds. The fraction of sp³-hybridized carbons (Fsp3) is 0.462. The maximum absolute atomic E-state index is 12.6. The quantitative estimate of drug-likeness (QED) is 0.922. The highest BCUT2D eigenvalue weighted by molar-refractivity contribution is 8.00. The molecule has 2 atom stereocenters. The van der Waals surface area contributed by atoms with E-state index in [-0.39, 0.29) is 21.0 Å². The summed E-state index contributed by atoms with van der Waals surface area (Å²) in [5.74, 6) is -1.13. The molecule has 1 N–H and O–H groups in total. The number of hydrogen-bond acceptors (Lipinski definition) is 4. The Morgan fingerprint density at radius 2 is 1.90 bits per heavy atom. The van der Waals surface area contributed by atoms with Gasteiger partial charge in [-0.05, 0) is 18.2 Å². The molecule has 7 heteroatoms. The molecule has 0 bridgehead atoms. The SMILES string of the molecule is CC1CN(S(=O)(=O)c2cccc(C(=O)O)c2)CC(C)S1. The number of carboxylic acid groups (broad SMARTS) is 1. The Morgan fingerprint density at radius 3 is 2.45 bits per heavy atom. The van der Waals surface area contributed by atoms with E-state index >= 15 is 0 Å². The van der Waals surface area contributed by atoms with E-state index in [0.717, 1.165) is 0 Å². The molecule has 1 fully saturated rings. The molecule has 0 aliphatic carbocycles. The van der Waals surface area contributed by atoms with Gasteiger partial charge in [0.15, 0.2) is 0 Å². The molecular formula is C13H17NO4S2. The molecule has 1 aromatic carbocycles. The van der Waals surface area contributed by atoms with E-state index < -0.39 is 16.0 Å². The first-order valence-electron chi connectivity index (χ1n) is 6.29. The van der Waals surface area contributed by atoms with Crippen molar-refractivity contribution < 1.29 is 18.3 Å². The Kier molecular flexibility index (Phi) is 4.41. The van der Waals surface area contributed by atoms with Crippen LogP contribution in [0.25, 0.3) is 0 Å². The number of carbonyl (C=O) groups is 1. The number of hydrogen-bond donors (Lipinski definition) is 1. The van der Waals surface area contributed by atoms with Gasteiger partial charge in [-0.15, -0.1) is 0 Å². The van der Waals surface area contributed by atoms with E-state index in [1.165, 1.54) is 28.6 Å². The van der Waals surface area contributed by atoms with Crippen LogP contribution in [0.1, 0.15) is 24.2 Å². The molecule has 0 aromatic heterocycles. The fourth-order valence-electron chi connectivity index (χ4n) is 2.27. The van der Waals surface area contributed by atoms with Gasteiger partial charge in [-0.2, -0.15) is 16.1 Å². The van der Waals surface area contributed by atoms with Gasteiger partial charge in [-0.25, -0.2) is 13.2 Å². The maximum Gasteiger partial charge on any atom is 0.335 e. The second kappa shape index (κ2) is 5.75. The van der Waals surface area contributed by atoms with E-state index in [9.17, 15) is 13.2 Å². The molecule has 1 heterocycles. The summed E-state index contributed by atoms with van der Waals surface area (Å²) in [5, 5.41) is 9.42. The van der Waals surface area contributed by atoms with Gasteiger partial charge in [0.2, 0.25) is 10.0 Å². The minimum absolute atomic E-state index is 0.0152. The smallest absolute Gasteiger partial charge is 0.335 e. The summed E-state index contributed by atoms with van der Waals surface area (Å²) in [6, 6.07) is 5.51. The van der Waals surface area contributed by atoms with Crippen LogP contribution in [0, 0.1) is 0 Å². The van der Waals surface area contributed by atoms with Crippen LogP contribution in [0.3, 0.4) is 0 Å². The lowest BCUT2D eigenvalue weighted by Crippen LogP contribution is -2.43. The molecule has 110 valence electrons. The van der Waals surface area contributed by atoms with Crippen molar-refractivity contribution in [3.8, 4) is 0 Å². The minimum Gasteiger partial charge on any atom is -0.478 e. The monoisotopic (exact) mass is 315 g/mol. The summed E-state index contributed by atoms with van der Waals surface area (Å²) < 4.78 is 26.6. The zero-order valence-corrected chi connectivity index (χ0v) is 12.9. The lowest BCUT2D eigenvalue weighted by atomic mass is 10.2. The first-order valence-corrected chi connectivity index (χ1v) is 8.68. The summed E-state index contributed by atoms with van der Waals surface area (Å²) in [6.45, 7) is 4.90. The number of carboxylic acids is 1. The van der Waals surface area contributed by atoms with Crippen LogP contribution >= 0.6 is 11.8 Å². The Balaban J connectivity index is 2.34. The van der Waals surface area contributed by atoms with Gasteiger partial charge >= 0.3 is 5.97 Å². The lowest BCUT2D eigenvalue weighted by Gasteiger charge is -2.33. The summed E-state index contributed by atoms with van der Waals surface area (Å²) in [5.41, 5.74) is -0.0152. The van der Waals surface area contributed by atoms with Gasteiger partial charge in [0.1, 0.15) is 0 Å². The van der Waals surface area contributed by atoms with E-state index in [2.05, 4.69) is 0 Å². The summed E-state index contributed by atoms with van der Waals surface area (Å²) in [7, 11) is -3.63. The standard InChI is InChI=1S/C13H17NO4S2/c1-9-7-14(8-10(2)19-9)20(17,18)12-5-3-4-11(6-12)13(15)16/h3-6,9-10H,7-8H2,1-2H3,(H,15,16). The highest BCUT2D eigenvalue weighted by Crippen LogP contribution is 2.29. The number of rotatable bonds is 3. The third-order valence-corrected chi connectivity index (χ3v) is 6.16. The van der Waals surface area contributed by atoms with Crippen molar-refractivity contribution >= 4 is 27.8 Å². The molecule has 20 heavy (non-hydrogen) atoms. The number of benzene rings is 1. The predicted octanol–water partition coefficient (Wildman–Crippen LogP) is 1.90. The van der Waals surface area contributed by atoms with Crippen molar-refractivity contribution in [2.75, 3.05) is 13.1 Å². The zero-order valence-electron chi connectivity index (χ0n) is 11.3. The molecule has 1 aliphatic heterocycles. The van der Waals surface area contributed by atoms with Crippen LogP contribution in [0.2, 0.25) is 0 Å². The fourth-order valence-corrected chi connectivity index (χ4v) is 5.44. The van der Waals surface area contributed by atoms with Crippen LogP contribution in [0.4, 0.5) is 0 Å². The first-order chi connectivity index (χ1) is 9.30. The van der Waals surface area contributed by atoms with Crippen molar-refractivity contribution in [3.63, 3.8) is 0 Å². The molecule has 5 nitrogen and oxygen atoms in total. The van der Waals surface area contributed by atoms with E-state index in [1.54, 1.807) is 11.8 Å². The molecule has 2 rings (SSSR count). The lowest BCUT2D eigenvalue weighted by molar-refractivity contribution is 0.0696. The van der Waals surface area contributed by atoms with Crippen molar-refractivity contribution in [1.29, 1.82) is 0 Å². The van der Waals surface area contributed by atoms with Crippen LogP contribution < -0.4 is 0 Å². The van der Waals surface area contributed by atoms with Gasteiger partial charge < -0.3 is 5.11 Å². The molecule has 1 aliphatic rings. The van der Waals surface area contributed by atoms with Crippen LogP contribution in [0.15, 0.2) is 29.2 Å². The second-order valence-corrected chi connectivity index (χ2v) is 8.73. The van der Waals surface area contributed by atoms with Gasteiger partial charge in [-0.1, -0.05) is 19.9 Å². The van der Waals surface area contributed by atoms with Gasteiger partial charge in [-0.3, -0.25) is 0 Å². The average molecular weight is 315 g/mol. The molecular weight excluding hydrogens is 298 g/mol. The Hall–Kier alpha value is -1.05. The van der Waals surface area contributed by atoms with Gasteiger partial charge in [0, 0.05) is 23.6 Å². The average Bonchev–Trinajstić information content (AvgIpc) is 2.37. The molecule has 0 spiro atoms. The first kappa shape index (κ1) is 15.3. The van der Waals surface area contributed by atoms with E-state index in [1.807, 2.05) is 13.8 Å². The minimum atomic E-state index is -3.63. The molecule has 0 radical (unpaired) electrons. The Labute approximate surface area is 123 Å². The molecule has 1 saturated heterocycles. The van der Waals surface area contributed by atoms with Crippen LogP contribution in [-0.4, -0.2) is 47.4 Å². The van der Waals surface area contributed by atoms with Crippen molar-refractivity contribution in [1.82, 2.24) is 4.31 Å². The Bertz CT molecular complexity index is 605.